The quantitative estimate of drug-likeness (QED) is 0.524. The molecule has 2 aromatic carbocycles. The number of nitrogens with zero attached hydrogens (tertiary/aromatic N) is 2. The minimum atomic E-state index is -0.0368. The zero-order chi connectivity index (χ0) is 23.7. The number of nitrogens with one attached hydrogen (secondary N) is 2. The number of rotatable bonds is 7. The van der Waals surface area contributed by atoms with Crippen molar-refractivity contribution in [2.75, 3.05) is 6.54 Å². The van der Waals surface area contributed by atoms with E-state index in [1.165, 1.54) is 6.42 Å². The molecule has 3 atom stereocenters. The highest BCUT2D eigenvalue weighted by atomic mass is 16.5. The number of hydrogen-bond donors (Lipinski definition) is 2. The number of oxazole rings is 1. The van der Waals surface area contributed by atoms with Crippen molar-refractivity contribution in [3.8, 4) is 17.2 Å². The third-order valence-corrected chi connectivity index (χ3v) is 6.82. The second-order valence-electron chi connectivity index (χ2n) is 9.60. The van der Waals surface area contributed by atoms with Gasteiger partial charge in [0.1, 0.15) is 17.4 Å². The van der Waals surface area contributed by atoms with Gasteiger partial charge in [-0.25, -0.2) is 10.4 Å². The molecule has 0 saturated carbocycles. The summed E-state index contributed by atoms with van der Waals surface area (Å²) in [4.78, 5) is 16.4. The molecular formula is C27H32N4O3. The molecule has 1 amide bonds. The maximum absolute atomic E-state index is 11.7. The van der Waals surface area contributed by atoms with Crippen molar-refractivity contribution in [3.05, 3.63) is 48.0 Å². The zero-order valence-electron chi connectivity index (χ0n) is 20.0. The lowest BCUT2D eigenvalue weighted by molar-refractivity contribution is -0.122. The van der Waals surface area contributed by atoms with Crippen LogP contribution in [0.3, 0.4) is 0 Å². The van der Waals surface area contributed by atoms with Gasteiger partial charge in [0.25, 0.3) is 0 Å². The minimum Gasteiger partial charge on any atom is -0.489 e. The third-order valence-electron chi connectivity index (χ3n) is 6.82. The lowest BCUT2D eigenvalue weighted by Crippen LogP contribution is -2.42. The van der Waals surface area contributed by atoms with Gasteiger partial charge in [-0.3, -0.25) is 4.79 Å². The molecule has 3 aromatic rings. The predicted molar refractivity (Wildman–Crippen MR) is 133 cm³/mol. The van der Waals surface area contributed by atoms with E-state index in [9.17, 15) is 4.79 Å². The monoisotopic (exact) mass is 460 g/mol. The first-order valence-corrected chi connectivity index (χ1v) is 12.3. The summed E-state index contributed by atoms with van der Waals surface area (Å²) in [7, 11) is 0. The predicted octanol–water partition coefficient (Wildman–Crippen LogP) is 4.90. The van der Waals surface area contributed by atoms with Crippen LogP contribution in [0, 0.1) is 11.8 Å². The number of amides is 1. The second kappa shape index (κ2) is 9.58. The lowest BCUT2D eigenvalue weighted by atomic mass is 9.90. The smallest absolute Gasteiger partial charge is 0.240 e. The van der Waals surface area contributed by atoms with E-state index in [1.807, 2.05) is 42.5 Å². The fraction of sp³-hybridized carbons (Fsp3) is 0.444. The molecule has 1 fully saturated rings. The van der Waals surface area contributed by atoms with E-state index in [0.29, 0.717) is 29.9 Å². The van der Waals surface area contributed by atoms with E-state index < -0.39 is 0 Å². The summed E-state index contributed by atoms with van der Waals surface area (Å²) < 4.78 is 12.5. The number of hydrogen-bond acceptors (Lipinski definition) is 6. The van der Waals surface area contributed by atoms with Gasteiger partial charge in [-0.15, -0.1) is 0 Å². The Morgan fingerprint density at radius 1 is 1.15 bits per heavy atom. The fourth-order valence-electron chi connectivity index (χ4n) is 4.93. The Balaban J connectivity index is 1.35. The molecule has 2 unspecified atom stereocenters. The highest BCUT2D eigenvalue weighted by molar-refractivity contribution is 6.07. The number of carbonyl (C=O) groups excluding carboxylic acids is 1. The van der Waals surface area contributed by atoms with E-state index in [-0.39, 0.29) is 17.9 Å². The maximum Gasteiger partial charge on any atom is 0.240 e. The number of benzene rings is 2. The molecule has 34 heavy (non-hydrogen) atoms. The molecule has 2 N–H and O–H groups in total. The van der Waals surface area contributed by atoms with Crippen molar-refractivity contribution < 1.29 is 13.9 Å². The summed E-state index contributed by atoms with van der Waals surface area (Å²) >= 11 is 0. The topological polar surface area (TPSA) is 88.8 Å². The molecule has 0 radical (unpaired) electrons. The number of fused-ring (bicyclic) bond motifs is 1. The van der Waals surface area contributed by atoms with Crippen LogP contribution in [0.2, 0.25) is 0 Å². The first-order chi connectivity index (χ1) is 16.5. The molecule has 1 aromatic heterocycles. The largest absolute Gasteiger partial charge is 0.489 e. The molecule has 0 spiro atoms. The minimum absolute atomic E-state index is 0.0368. The highest BCUT2D eigenvalue weighted by Gasteiger charge is 2.29. The molecular weight excluding hydrogens is 428 g/mol. The maximum atomic E-state index is 11.7. The molecule has 1 saturated heterocycles. The molecule has 2 aliphatic heterocycles. The molecule has 0 bridgehead atoms. The second-order valence-corrected chi connectivity index (χ2v) is 9.60. The van der Waals surface area contributed by atoms with E-state index in [2.05, 4.69) is 41.6 Å². The van der Waals surface area contributed by atoms with Crippen LogP contribution >= 0.6 is 0 Å². The normalized spacial score (nSPS) is 21.5. The Hall–Kier alpha value is -3.19. The van der Waals surface area contributed by atoms with Crippen LogP contribution < -0.4 is 15.5 Å². The molecule has 178 valence electrons. The Morgan fingerprint density at radius 3 is 2.65 bits per heavy atom. The third kappa shape index (κ3) is 4.57. The average molecular weight is 461 g/mol. The van der Waals surface area contributed by atoms with Crippen LogP contribution in [-0.4, -0.2) is 35.3 Å². The molecule has 5 rings (SSSR count). The molecule has 0 aliphatic carbocycles. The van der Waals surface area contributed by atoms with Crippen LogP contribution in [0.5, 0.6) is 5.75 Å². The Kier molecular flexibility index (Phi) is 6.37. The van der Waals surface area contributed by atoms with Gasteiger partial charge in [0.05, 0.1) is 5.71 Å². The number of carbonyl (C=O) groups is 1. The molecule has 2 aliphatic rings. The Labute approximate surface area is 200 Å². The van der Waals surface area contributed by atoms with Crippen LogP contribution in [0.4, 0.5) is 0 Å². The summed E-state index contributed by atoms with van der Waals surface area (Å²) in [5.41, 5.74) is 6.84. The van der Waals surface area contributed by atoms with Crippen LogP contribution in [-0.2, 0) is 4.79 Å². The first-order valence-electron chi connectivity index (χ1n) is 12.3. The fourth-order valence-corrected chi connectivity index (χ4v) is 4.93. The number of ether oxygens (including phenoxy) is 1. The SMILES string of the molecule is CCC1CC(=O)NN=C1c1ccc2nc(-c3ccc(O[C@@H](C(C)C)C4CCCN4)cc3)oc2c1. The van der Waals surface area contributed by atoms with E-state index >= 15 is 0 Å². The van der Waals surface area contributed by atoms with Gasteiger partial charge in [-0.05, 0) is 68.1 Å². The van der Waals surface area contributed by atoms with Crippen LogP contribution in [0.1, 0.15) is 52.0 Å². The van der Waals surface area contributed by atoms with Crippen molar-refractivity contribution in [2.45, 2.75) is 58.6 Å². The van der Waals surface area contributed by atoms with Gasteiger partial charge in [0.15, 0.2) is 5.58 Å². The summed E-state index contributed by atoms with van der Waals surface area (Å²) in [6.07, 6.45) is 3.82. The Bertz CT molecular complexity index is 1190. The van der Waals surface area contributed by atoms with Gasteiger partial charge in [0, 0.05) is 29.5 Å². The van der Waals surface area contributed by atoms with Crippen LogP contribution in [0.15, 0.2) is 52.0 Å². The standard InChI is InChI=1S/C27H32N4O3/c1-4-17-15-24(32)30-31-25(17)19-9-12-21-23(14-19)34-27(29-21)18-7-10-20(11-8-18)33-26(16(2)3)22-6-5-13-28-22/h7-12,14,16-17,22,26,28H,4-6,13,15H2,1-3H3,(H,30,32)/t17?,22?,26-/m0/s1. The molecule has 3 heterocycles. The van der Waals surface area contributed by atoms with E-state index in [1.54, 1.807) is 0 Å². The molecule has 7 nitrogen and oxygen atoms in total. The van der Waals surface area contributed by atoms with Crippen molar-refractivity contribution in [1.82, 2.24) is 15.7 Å². The summed E-state index contributed by atoms with van der Waals surface area (Å²) in [5, 5.41) is 7.88. The average Bonchev–Trinajstić information content (AvgIpc) is 3.52. The van der Waals surface area contributed by atoms with Crippen molar-refractivity contribution in [3.63, 3.8) is 0 Å². The van der Waals surface area contributed by atoms with E-state index in [4.69, 9.17) is 9.15 Å². The van der Waals surface area contributed by atoms with Gasteiger partial charge in [-0.2, -0.15) is 5.10 Å². The summed E-state index contributed by atoms with van der Waals surface area (Å²) in [6, 6.07) is 14.3. The Morgan fingerprint density at radius 2 is 1.94 bits per heavy atom. The van der Waals surface area contributed by atoms with Crippen LogP contribution in [0.25, 0.3) is 22.6 Å². The lowest BCUT2D eigenvalue weighted by Gasteiger charge is -2.28. The first kappa shape index (κ1) is 22.6. The number of aromatic nitrogens is 1. The summed E-state index contributed by atoms with van der Waals surface area (Å²) in [6.45, 7) is 7.56. The zero-order valence-corrected chi connectivity index (χ0v) is 20.0. The van der Waals surface area contributed by atoms with Gasteiger partial charge < -0.3 is 14.5 Å². The van der Waals surface area contributed by atoms with Crippen molar-refractivity contribution >= 4 is 22.7 Å². The van der Waals surface area contributed by atoms with Crippen molar-refractivity contribution in [2.24, 2.45) is 16.9 Å². The van der Waals surface area contributed by atoms with Gasteiger partial charge >= 0.3 is 0 Å². The molecule has 7 heteroatoms. The number of hydrazone groups is 1. The summed E-state index contributed by atoms with van der Waals surface area (Å²) in [5.74, 6) is 1.93. The highest BCUT2D eigenvalue weighted by Crippen LogP contribution is 2.29. The van der Waals surface area contributed by atoms with Crippen molar-refractivity contribution in [1.29, 1.82) is 0 Å². The van der Waals surface area contributed by atoms with Gasteiger partial charge in [0.2, 0.25) is 11.8 Å². The van der Waals surface area contributed by atoms with E-state index in [0.717, 1.165) is 47.5 Å². The van der Waals surface area contributed by atoms with Gasteiger partial charge in [-0.1, -0.05) is 26.8 Å².